The van der Waals surface area contributed by atoms with Crippen LogP contribution < -0.4 is 0 Å². The Bertz CT molecular complexity index is 760. The van der Waals surface area contributed by atoms with Crippen LogP contribution in [0, 0.1) is 0 Å². The van der Waals surface area contributed by atoms with Gasteiger partial charge in [0.05, 0.1) is 25.9 Å². The molecule has 1 aliphatic rings. The van der Waals surface area contributed by atoms with Crippen LogP contribution in [0.5, 0.6) is 0 Å². The Morgan fingerprint density at radius 3 is 2.82 bits per heavy atom. The van der Waals surface area contributed by atoms with Crippen LogP contribution in [0.3, 0.4) is 0 Å². The van der Waals surface area contributed by atoms with Gasteiger partial charge in [-0.05, 0) is 22.4 Å². The van der Waals surface area contributed by atoms with Crippen molar-refractivity contribution in [3.05, 3.63) is 48.0 Å². The summed E-state index contributed by atoms with van der Waals surface area (Å²) < 4.78 is 35.6. The van der Waals surface area contributed by atoms with E-state index in [1.165, 1.54) is 15.1 Å². The monoisotopic (exact) mass is 321 g/mol. The molecule has 6 heteroatoms. The number of rotatable bonds is 4. The summed E-state index contributed by atoms with van der Waals surface area (Å²) >= 11 is 0. The van der Waals surface area contributed by atoms with Crippen molar-refractivity contribution < 1.29 is 17.9 Å². The molecule has 3 rings (SSSR count). The lowest BCUT2D eigenvalue weighted by atomic mass is 10.1. The predicted molar refractivity (Wildman–Crippen MR) is 84.9 cm³/mol. The highest BCUT2D eigenvalue weighted by molar-refractivity contribution is 7.88. The fourth-order valence-corrected chi connectivity index (χ4v) is 3.55. The van der Waals surface area contributed by atoms with Gasteiger partial charge >= 0.3 is 0 Å². The Hall–Kier alpha value is -1.47. The number of benzene rings is 2. The minimum absolute atomic E-state index is 0.245. The molecule has 0 radical (unpaired) electrons. The molecule has 0 aromatic heterocycles. The number of fused-ring (bicyclic) bond motifs is 1. The Morgan fingerprint density at radius 1 is 1.23 bits per heavy atom. The Balaban J connectivity index is 1.60. The van der Waals surface area contributed by atoms with E-state index >= 15 is 0 Å². The molecule has 0 bridgehead atoms. The third-order valence-electron chi connectivity index (χ3n) is 3.89. The molecule has 1 saturated heterocycles. The molecule has 2 aromatic rings. The van der Waals surface area contributed by atoms with E-state index in [1.54, 1.807) is 7.05 Å². The van der Waals surface area contributed by atoms with Gasteiger partial charge in [-0.15, -0.1) is 0 Å². The predicted octanol–water partition coefficient (Wildman–Crippen LogP) is 1.97. The highest BCUT2D eigenvalue weighted by Gasteiger charge is 2.31. The zero-order chi connectivity index (χ0) is 15.6. The van der Waals surface area contributed by atoms with Gasteiger partial charge in [0.1, 0.15) is 0 Å². The topological polar surface area (TPSA) is 55.8 Å². The second-order valence-corrected chi connectivity index (χ2v) is 7.44. The van der Waals surface area contributed by atoms with Crippen LogP contribution in [0.1, 0.15) is 5.56 Å². The summed E-state index contributed by atoms with van der Waals surface area (Å²) in [5.74, 6) is -0.245. The van der Waals surface area contributed by atoms with Gasteiger partial charge in [-0.25, -0.2) is 8.42 Å². The van der Waals surface area contributed by atoms with Gasteiger partial charge in [-0.1, -0.05) is 36.4 Å². The smallest absolute Gasteiger partial charge is 0.238 e. The lowest BCUT2D eigenvalue weighted by Crippen LogP contribution is -2.48. The first-order chi connectivity index (χ1) is 10.6. The standard InChI is InChI=1S/C16H19NO4S/c1-17-16(11-21-12-22(17,18)19)10-20-9-13-6-7-14-4-2-3-5-15(14)8-13/h2-8,16H,9-12H2,1H3/t16-/m1/s1. The fourth-order valence-electron chi connectivity index (χ4n) is 2.50. The first kappa shape index (κ1) is 15.4. The van der Waals surface area contributed by atoms with E-state index in [0.29, 0.717) is 19.8 Å². The maximum absolute atomic E-state index is 11.7. The Kier molecular flexibility index (Phi) is 4.44. The largest absolute Gasteiger partial charge is 0.375 e. The maximum atomic E-state index is 11.7. The van der Waals surface area contributed by atoms with Crippen molar-refractivity contribution in [1.82, 2.24) is 4.31 Å². The summed E-state index contributed by atoms with van der Waals surface area (Å²) in [6.45, 7) is 1.14. The molecule has 0 aliphatic carbocycles. The first-order valence-electron chi connectivity index (χ1n) is 7.15. The van der Waals surface area contributed by atoms with E-state index in [9.17, 15) is 8.42 Å². The lowest BCUT2D eigenvalue weighted by molar-refractivity contribution is 0.0266. The molecule has 0 amide bonds. The van der Waals surface area contributed by atoms with Crippen molar-refractivity contribution in [2.24, 2.45) is 0 Å². The fraction of sp³-hybridized carbons (Fsp3) is 0.375. The van der Waals surface area contributed by atoms with E-state index in [0.717, 1.165) is 5.56 Å². The molecular formula is C16H19NO4S. The zero-order valence-corrected chi connectivity index (χ0v) is 13.3. The molecule has 22 heavy (non-hydrogen) atoms. The second kappa shape index (κ2) is 6.34. The van der Waals surface area contributed by atoms with Crippen molar-refractivity contribution in [3.63, 3.8) is 0 Å². The minimum Gasteiger partial charge on any atom is -0.375 e. The van der Waals surface area contributed by atoms with Crippen LogP contribution >= 0.6 is 0 Å². The molecule has 1 heterocycles. The van der Waals surface area contributed by atoms with Gasteiger partial charge in [0.15, 0.2) is 5.94 Å². The van der Waals surface area contributed by atoms with Crippen molar-refractivity contribution in [1.29, 1.82) is 0 Å². The number of ether oxygens (including phenoxy) is 2. The van der Waals surface area contributed by atoms with E-state index in [-0.39, 0.29) is 12.0 Å². The van der Waals surface area contributed by atoms with Crippen molar-refractivity contribution in [2.45, 2.75) is 12.6 Å². The molecule has 0 N–H and O–H groups in total. The highest BCUT2D eigenvalue weighted by Crippen LogP contribution is 2.17. The number of sulfonamides is 1. The highest BCUT2D eigenvalue weighted by atomic mass is 32.2. The third-order valence-corrected chi connectivity index (χ3v) is 5.53. The molecule has 0 spiro atoms. The van der Waals surface area contributed by atoms with Gasteiger partial charge in [0, 0.05) is 7.05 Å². The average molecular weight is 321 g/mol. The van der Waals surface area contributed by atoms with Crippen molar-refractivity contribution in [2.75, 3.05) is 26.2 Å². The minimum atomic E-state index is -3.30. The van der Waals surface area contributed by atoms with E-state index in [2.05, 4.69) is 24.3 Å². The van der Waals surface area contributed by atoms with Gasteiger partial charge in [-0.3, -0.25) is 0 Å². The second-order valence-electron chi connectivity index (χ2n) is 5.47. The third kappa shape index (κ3) is 3.30. The van der Waals surface area contributed by atoms with Crippen LogP contribution in [-0.2, 0) is 26.1 Å². The molecule has 0 saturated carbocycles. The summed E-state index contributed by atoms with van der Waals surface area (Å²) in [4.78, 5) is 0. The molecule has 1 aliphatic heterocycles. The molecule has 118 valence electrons. The van der Waals surface area contributed by atoms with Gasteiger partial charge in [0.25, 0.3) is 0 Å². The molecule has 0 unspecified atom stereocenters. The number of nitrogens with zero attached hydrogens (tertiary/aromatic N) is 1. The number of likely N-dealkylation sites (N-methyl/N-ethyl adjacent to an activating group) is 1. The van der Waals surface area contributed by atoms with Gasteiger partial charge in [-0.2, -0.15) is 4.31 Å². The summed E-state index contributed by atoms with van der Waals surface area (Å²) in [6, 6.07) is 14.1. The van der Waals surface area contributed by atoms with E-state index in [4.69, 9.17) is 9.47 Å². The molecule has 5 nitrogen and oxygen atoms in total. The number of hydrogen-bond acceptors (Lipinski definition) is 4. The van der Waals surface area contributed by atoms with Crippen LogP contribution in [-0.4, -0.2) is 45.0 Å². The zero-order valence-electron chi connectivity index (χ0n) is 12.4. The number of hydrogen-bond donors (Lipinski definition) is 0. The summed E-state index contributed by atoms with van der Waals surface area (Å²) in [6.07, 6.45) is 0. The first-order valence-corrected chi connectivity index (χ1v) is 8.76. The normalized spacial score (nSPS) is 22.0. The Morgan fingerprint density at radius 2 is 2.00 bits per heavy atom. The van der Waals surface area contributed by atoms with Crippen LogP contribution in [0.2, 0.25) is 0 Å². The molecule has 1 atom stereocenters. The van der Waals surface area contributed by atoms with Crippen LogP contribution in [0.25, 0.3) is 10.8 Å². The molecule has 1 fully saturated rings. The van der Waals surface area contributed by atoms with Crippen LogP contribution in [0.15, 0.2) is 42.5 Å². The Labute approximate surface area is 130 Å². The van der Waals surface area contributed by atoms with Gasteiger partial charge in [0.2, 0.25) is 10.0 Å². The lowest BCUT2D eigenvalue weighted by Gasteiger charge is -2.31. The van der Waals surface area contributed by atoms with Crippen LogP contribution in [0.4, 0.5) is 0 Å². The van der Waals surface area contributed by atoms with Crippen molar-refractivity contribution in [3.8, 4) is 0 Å². The molecular weight excluding hydrogens is 302 g/mol. The van der Waals surface area contributed by atoms with E-state index in [1.807, 2.05) is 18.2 Å². The van der Waals surface area contributed by atoms with Gasteiger partial charge < -0.3 is 9.47 Å². The SMILES string of the molecule is CN1[C@H](COCc2ccc3ccccc3c2)COCS1(=O)=O. The van der Waals surface area contributed by atoms with E-state index < -0.39 is 10.0 Å². The summed E-state index contributed by atoms with van der Waals surface area (Å²) in [5, 5.41) is 2.36. The summed E-state index contributed by atoms with van der Waals surface area (Å²) in [7, 11) is -1.73. The molecule has 2 aromatic carbocycles. The average Bonchev–Trinajstić information content (AvgIpc) is 2.51. The quantitative estimate of drug-likeness (QED) is 0.864. The maximum Gasteiger partial charge on any atom is 0.238 e. The summed E-state index contributed by atoms with van der Waals surface area (Å²) in [5.41, 5.74) is 1.07. The van der Waals surface area contributed by atoms with Crippen molar-refractivity contribution >= 4 is 20.8 Å².